The number of nitrogens with zero attached hydrogens (tertiary/aromatic N) is 5. The molecular formula is C18H25N5O3S. The Kier molecular flexibility index (Phi) is 6.15. The Labute approximate surface area is 160 Å². The Morgan fingerprint density at radius 1 is 1.19 bits per heavy atom. The maximum absolute atomic E-state index is 12.8. The van der Waals surface area contributed by atoms with Gasteiger partial charge in [0.1, 0.15) is 12.4 Å². The molecule has 9 heteroatoms. The van der Waals surface area contributed by atoms with Crippen LogP contribution < -0.4 is 0 Å². The van der Waals surface area contributed by atoms with E-state index in [4.69, 9.17) is 4.74 Å². The van der Waals surface area contributed by atoms with E-state index in [0.717, 1.165) is 16.8 Å². The summed E-state index contributed by atoms with van der Waals surface area (Å²) >= 11 is 0. The molecule has 0 amide bonds. The molecule has 0 saturated carbocycles. The second-order valence-corrected chi connectivity index (χ2v) is 8.29. The fourth-order valence-electron chi connectivity index (χ4n) is 3.20. The molecule has 8 nitrogen and oxygen atoms in total. The van der Waals surface area contributed by atoms with Gasteiger partial charge in [-0.15, -0.1) is 0 Å². The van der Waals surface area contributed by atoms with E-state index in [-0.39, 0.29) is 6.54 Å². The Morgan fingerprint density at radius 2 is 1.89 bits per heavy atom. The average Bonchev–Trinajstić information content (AvgIpc) is 2.69. The van der Waals surface area contributed by atoms with Crippen LogP contribution in [0.3, 0.4) is 0 Å². The quantitative estimate of drug-likeness (QED) is 0.746. The molecule has 27 heavy (non-hydrogen) atoms. The molecule has 146 valence electrons. The fraction of sp³-hybridized carbons (Fsp3) is 0.500. The predicted octanol–water partition coefficient (Wildman–Crippen LogP) is 1.81. The summed E-state index contributed by atoms with van der Waals surface area (Å²) in [6, 6.07) is 3.87. The molecule has 1 saturated heterocycles. The van der Waals surface area contributed by atoms with Gasteiger partial charge >= 0.3 is 0 Å². The minimum atomic E-state index is -3.50. The van der Waals surface area contributed by atoms with E-state index in [9.17, 15) is 8.42 Å². The first-order valence-corrected chi connectivity index (χ1v) is 10.5. The lowest BCUT2D eigenvalue weighted by Crippen LogP contribution is -2.49. The smallest absolute Gasteiger partial charge is 0.282 e. The summed E-state index contributed by atoms with van der Waals surface area (Å²) < 4.78 is 34.5. The molecule has 0 bridgehead atoms. The molecule has 2 aromatic heterocycles. The predicted molar refractivity (Wildman–Crippen MR) is 102 cm³/mol. The van der Waals surface area contributed by atoms with Gasteiger partial charge in [-0.3, -0.25) is 4.98 Å². The third-order valence-electron chi connectivity index (χ3n) is 4.58. The molecule has 2 aromatic rings. The van der Waals surface area contributed by atoms with Crippen molar-refractivity contribution in [3.63, 3.8) is 0 Å². The van der Waals surface area contributed by atoms with E-state index < -0.39 is 16.3 Å². The van der Waals surface area contributed by atoms with Crippen molar-refractivity contribution < 1.29 is 13.2 Å². The van der Waals surface area contributed by atoms with Gasteiger partial charge in [0.2, 0.25) is 0 Å². The highest BCUT2D eigenvalue weighted by atomic mass is 32.2. The van der Waals surface area contributed by atoms with Gasteiger partial charge in [0.25, 0.3) is 10.2 Å². The SMILES string of the molecule is CCN(CC)S(=O)(=O)N1CCO[C@@H](c2cc(-c3cncnc3)cc(C)n2)C1. The standard InChI is InChI=1S/C18H25N5O3S/c1-4-22(5-2)27(24,25)23-6-7-26-18(12-23)17-9-15(8-14(3)21-17)16-10-19-13-20-11-16/h8-11,13,18H,4-7,12H2,1-3H3/t18-/m1/s1. The molecule has 1 fully saturated rings. The van der Waals surface area contributed by atoms with E-state index in [1.165, 1.54) is 14.9 Å². The van der Waals surface area contributed by atoms with Crippen LogP contribution >= 0.6 is 0 Å². The largest absolute Gasteiger partial charge is 0.369 e. The Bertz CT molecular complexity index is 872. The molecule has 0 aliphatic carbocycles. The van der Waals surface area contributed by atoms with Gasteiger partial charge in [-0.25, -0.2) is 9.97 Å². The molecule has 0 aromatic carbocycles. The molecule has 1 aliphatic heterocycles. The van der Waals surface area contributed by atoms with Gasteiger partial charge in [0.15, 0.2) is 0 Å². The van der Waals surface area contributed by atoms with Crippen LogP contribution in [0.4, 0.5) is 0 Å². The summed E-state index contributed by atoms with van der Waals surface area (Å²) in [5, 5.41) is 0. The van der Waals surface area contributed by atoms with Gasteiger partial charge in [-0.05, 0) is 24.6 Å². The van der Waals surface area contributed by atoms with Crippen molar-refractivity contribution >= 4 is 10.2 Å². The average molecular weight is 391 g/mol. The number of morpholine rings is 1. The molecular weight excluding hydrogens is 366 g/mol. The Balaban J connectivity index is 1.88. The summed E-state index contributed by atoms with van der Waals surface area (Å²) in [6.45, 7) is 7.42. The van der Waals surface area contributed by atoms with Crippen LogP contribution in [-0.4, -0.2) is 64.8 Å². The second-order valence-electron chi connectivity index (χ2n) is 6.36. The topological polar surface area (TPSA) is 88.5 Å². The first-order valence-electron chi connectivity index (χ1n) is 9.06. The zero-order valence-corrected chi connectivity index (χ0v) is 16.7. The minimum Gasteiger partial charge on any atom is -0.369 e. The number of ether oxygens (including phenoxy) is 1. The molecule has 0 N–H and O–H groups in total. The Hall–Kier alpha value is -1.94. The van der Waals surface area contributed by atoms with Gasteiger partial charge in [-0.1, -0.05) is 13.8 Å². The van der Waals surface area contributed by atoms with E-state index >= 15 is 0 Å². The lowest BCUT2D eigenvalue weighted by Gasteiger charge is -2.35. The summed E-state index contributed by atoms with van der Waals surface area (Å²) in [5.74, 6) is 0. The number of pyridine rings is 1. The molecule has 0 radical (unpaired) electrons. The first kappa shape index (κ1) is 19.8. The summed E-state index contributed by atoms with van der Waals surface area (Å²) in [6.07, 6.45) is 4.56. The maximum atomic E-state index is 12.8. The monoisotopic (exact) mass is 391 g/mol. The number of aryl methyl sites for hydroxylation is 1. The second kappa shape index (κ2) is 8.39. The number of hydrogen-bond acceptors (Lipinski definition) is 6. The van der Waals surface area contributed by atoms with E-state index in [1.54, 1.807) is 12.4 Å². The maximum Gasteiger partial charge on any atom is 0.282 e. The van der Waals surface area contributed by atoms with Crippen LogP contribution in [0, 0.1) is 6.92 Å². The van der Waals surface area contributed by atoms with Crippen LogP contribution in [0.5, 0.6) is 0 Å². The number of hydrogen-bond donors (Lipinski definition) is 0. The van der Waals surface area contributed by atoms with Crippen molar-refractivity contribution in [2.75, 3.05) is 32.8 Å². The Morgan fingerprint density at radius 3 is 2.56 bits per heavy atom. The summed E-state index contributed by atoms with van der Waals surface area (Å²) in [4.78, 5) is 12.7. The summed E-state index contributed by atoms with van der Waals surface area (Å²) in [5.41, 5.74) is 3.37. The molecule has 3 heterocycles. The van der Waals surface area contributed by atoms with Gasteiger partial charge < -0.3 is 4.74 Å². The van der Waals surface area contributed by atoms with Crippen LogP contribution in [0.2, 0.25) is 0 Å². The van der Waals surface area contributed by atoms with Gasteiger partial charge in [-0.2, -0.15) is 17.0 Å². The first-order chi connectivity index (χ1) is 13.0. The fourth-order valence-corrected chi connectivity index (χ4v) is 4.81. The zero-order chi connectivity index (χ0) is 19.4. The lowest BCUT2D eigenvalue weighted by atomic mass is 10.1. The lowest BCUT2D eigenvalue weighted by molar-refractivity contribution is -0.00662. The van der Waals surface area contributed by atoms with E-state index in [2.05, 4.69) is 15.0 Å². The van der Waals surface area contributed by atoms with E-state index in [1.807, 2.05) is 32.9 Å². The minimum absolute atomic E-state index is 0.250. The van der Waals surface area contributed by atoms with Crippen molar-refractivity contribution in [2.45, 2.75) is 26.9 Å². The normalized spacial score (nSPS) is 18.7. The molecule has 1 aliphatic rings. The summed E-state index contributed by atoms with van der Waals surface area (Å²) in [7, 11) is -3.50. The molecule has 1 atom stereocenters. The van der Waals surface area contributed by atoms with Crippen molar-refractivity contribution in [1.29, 1.82) is 0 Å². The molecule has 0 spiro atoms. The van der Waals surface area contributed by atoms with Crippen molar-refractivity contribution in [3.05, 3.63) is 42.2 Å². The number of rotatable bonds is 6. The van der Waals surface area contributed by atoms with E-state index in [0.29, 0.717) is 31.9 Å². The highest BCUT2D eigenvalue weighted by molar-refractivity contribution is 7.86. The van der Waals surface area contributed by atoms with Crippen LogP contribution in [0.25, 0.3) is 11.1 Å². The van der Waals surface area contributed by atoms with Crippen molar-refractivity contribution in [1.82, 2.24) is 23.6 Å². The van der Waals surface area contributed by atoms with Crippen LogP contribution in [-0.2, 0) is 14.9 Å². The third kappa shape index (κ3) is 4.32. The highest BCUT2D eigenvalue weighted by Gasteiger charge is 2.34. The zero-order valence-electron chi connectivity index (χ0n) is 15.9. The van der Waals surface area contributed by atoms with Crippen molar-refractivity contribution in [2.24, 2.45) is 0 Å². The molecule has 0 unspecified atom stereocenters. The van der Waals surface area contributed by atoms with Gasteiger partial charge in [0.05, 0.1) is 12.3 Å². The van der Waals surface area contributed by atoms with Crippen LogP contribution in [0.1, 0.15) is 31.3 Å². The number of aromatic nitrogens is 3. The highest BCUT2D eigenvalue weighted by Crippen LogP contribution is 2.27. The van der Waals surface area contributed by atoms with Crippen LogP contribution in [0.15, 0.2) is 30.9 Å². The third-order valence-corrected chi connectivity index (χ3v) is 6.74. The van der Waals surface area contributed by atoms with Crippen molar-refractivity contribution in [3.8, 4) is 11.1 Å². The van der Waals surface area contributed by atoms with Gasteiger partial charge in [0, 0.05) is 49.8 Å². The molecule has 3 rings (SSSR count).